The standard InChI is InChI=1S/C8H14N2O2/c1-9-7(12)8(3-5-11)2-4-10-6-8/h5,10H,2-4,6H2,1H3,(H,9,12). The number of hydrogen-bond acceptors (Lipinski definition) is 3. The molecular formula is C8H14N2O2. The lowest BCUT2D eigenvalue weighted by molar-refractivity contribution is -0.131. The summed E-state index contributed by atoms with van der Waals surface area (Å²) in [5.74, 6) is -0.0281. The molecule has 1 heterocycles. The van der Waals surface area contributed by atoms with Gasteiger partial charge in [-0.2, -0.15) is 0 Å². The van der Waals surface area contributed by atoms with Gasteiger partial charge in [0.15, 0.2) is 0 Å². The van der Waals surface area contributed by atoms with Crippen LogP contribution in [0.25, 0.3) is 0 Å². The Morgan fingerprint density at radius 2 is 2.50 bits per heavy atom. The van der Waals surface area contributed by atoms with Crippen molar-refractivity contribution in [1.82, 2.24) is 10.6 Å². The molecule has 0 bridgehead atoms. The molecule has 0 aromatic rings. The van der Waals surface area contributed by atoms with Crippen molar-refractivity contribution in [2.75, 3.05) is 20.1 Å². The van der Waals surface area contributed by atoms with Crippen molar-refractivity contribution in [2.45, 2.75) is 12.8 Å². The molecule has 0 aromatic heterocycles. The van der Waals surface area contributed by atoms with E-state index in [0.29, 0.717) is 13.0 Å². The maximum Gasteiger partial charge on any atom is 0.227 e. The van der Waals surface area contributed by atoms with Gasteiger partial charge in [-0.3, -0.25) is 4.79 Å². The second-order valence-electron chi connectivity index (χ2n) is 3.16. The van der Waals surface area contributed by atoms with Gasteiger partial charge in [-0.05, 0) is 13.0 Å². The van der Waals surface area contributed by atoms with Crippen molar-refractivity contribution in [1.29, 1.82) is 0 Å². The van der Waals surface area contributed by atoms with Gasteiger partial charge in [-0.1, -0.05) is 0 Å². The smallest absolute Gasteiger partial charge is 0.227 e. The van der Waals surface area contributed by atoms with Crippen LogP contribution in [0.1, 0.15) is 12.8 Å². The van der Waals surface area contributed by atoms with E-state index in [9.17, 15) is 9.59 Å². The highest BCUT2D eigenvalue weighted by atomic mass is 16.2. The minimum Gasteiger partial charge on any atom is -0.359 e. The number of aldehydes is 1. The third-order valence-corrected chi connectivity index (χ3v) is 2.43. The van der Waals surface area contributed by atoms with Gasteiger partial charge in [0.1, 0.15) is 6.29 Å². The van der Waals surface area contributed by atoms with Crippen LogP contribution in [0.3, 0.4) is 0 Å². The first-order chi connectivity index (χ1) is 5.75. The van der Waals surface area contributed by atoms with Crippen LogP contribution >= 0.6 is 0 Å². The highest BCUT2D eigenvalue weighted by Gasteiger charge is 2.39. The summed E-state index contributed by atoms with van der Waals surface area (Å²) in [6, 6.07) is 0. The molecule has 1 saturated heterocycles. The topological polar surface area (TPSA) is 58.2 Å². The molecule has 0 radical (unpaired) electrons. The van der Waals surface area contributed by atoms with Gasteiger partial charge >= 0.3 is 0 Å². The van der Waals surface area contributed by atoms with Crippen LogP contribution in [0.2, 0.25) is 0 Å². The average molecular weight is 170 g/mol. The maximum absolute atomic E-state index is 11.4. The Kier molecular flexibility index (Phi) is 2.81. The fourth-order valence-corrected chi connectivity index (χ4v) is 1.63. The van der Waals surface area contributed by atoms with Gasteiger partial charge in [-0.25, -0.2) is 0 Å². The Hall–Kier alpha value is -0.900. The molecule has 1 fully saturated rings. The molecule has 1 atom stereocenters. The summed E-state index contributed by atoms with van der Waals surface area (Å²) >= 11 is 0. The Morgan fingerprint density at radius 3 is 2.92 bits per heavy atom. The molecule has 1 amide bonds. The molecule has 1 aliphatic rings. The van der Waals surface area contributed by atoms with Crippen LogP contribution in [0.15, 0.2) is 0 Å². The largest absolute Gasteiger partial charge is 0.359 e. The van der Waals surface area contributed by atoms with Crippen molar-refractivity contribution < 1.29 is 9.59 Å². The first kappa shape index (κ1) is 9.19. The maximum atomic E-state index is 11.4. The quantitative estimate of drug-likeness (QED) is 0.551. The van der Waals surface area contributed by atoms with Crippen molar-refractivity contribution in [3.63, 3.8) is 0 Å². The second kappa shape index (κ2) is 3.67. The summed E-state index contributed by atoms with van der Waals surface area (Å²) in [6.45, 7) is 1.44. The molecule has 0 aromatic carbocycles. The Balaban J connectivity index is 2.70. The molecule has 68 valence electrons. The van der Waals surface area contributed by atoms with Crippen LogP contribution in [0, 0.1) is 5.41 Å². The first-order valence-corrected chi connectivity index (χ1v) is 4.12. The predicted molar refractivity (Wildman–Crippen MR) is 44.7 cm³/mol. The minimum atomic E-state index is -0.476. The van der Waals surface area contributed by atoms with E-state index < -0.39 is 5.41 Å². The van der Waals surface area contributed by atoms with Crippen LogP contribution in [-0.4, -0.2) is 32.3 Å². The van der Waals surface area contributed by atoms with Gasteiger partial charge in [0.2, 0.25) is 5.91 Å². The monoisotopic (exact) mass is 170 g/mol. The molecule has 2 N–H and O–H groups in total. The molecule has 4 heteroatoms. The number of amides is 1. The lowest BCUT2D eigenvalue weighted by atomic mass is 9.83. The van der Waals surface area contributed by atoms with Gasteiger partial charge < -0.3 is 15.4 Å². The summed E-state index contributed by atoms with van der Waals surface area (Å²) in [5, 5.41) is 5.69. The van der Waals surface area contributed by atoms with Gasteiger partial charge in [-0.15, -0.1) is 0 Å². The fraction of sp³-hybridized carbons (Fsp3) is 0.750. The third kappa shape index (κ3) is 1.48. The molecule has 1 rings (SSSR count). The normalized spacial score (nSPS) is 28.4. The van der Waals surface area contributed by atoms with Gasteiger partial charge in [0.05, 0.1) is 5.41 Å². The first-order valence-electron chi connectivity index (χ1n) is 4.12. The highest BCUT2D eigenvalue weighted by molar-refractivity contribution is 5.85. The van der Waals surface area contributed by atoms with E-state index >= 15 is 0 Å². The summed E-state index contributed by atoms with van der Waals surface area (Å²) < 4.78 is 0. The van der Waals surface area contributed by atoms with E-state index in [2.05, 4.69) is 10.6 Å². The Bertz CT molecular complexity index is 185. The average Bonchev–Trinajstić information content (AvgIpc) is 2.53. The number of carbonyl (C=O) groups is 2. The molecule has 0 saturated carbocycles. The van der Waals surface area contributed by atoms with Crippen molar-refractivity contribution in [3.05, 3.63) is 0 Å². The van der Waals surface area contributed by atoms with Crippen LogP contribution in [-0.2, 0) is 9.59 Å². The summed E-state index contributed by atoms with van der Waals surface area (Å²) in [7, 11) is 1.60. The van der Waals surface area contributed by atoms with Gasteiger partial charge in [0, 0.05) is 20.0 Å². The highest BCUT2D eigenvalue weighted by Crippen LogP contribution is 2.28. The molecule has 0 spiro atoms. The number of nitrogens with one attached hydrogen (secondary N) is 2. The zero-order valence-electron chi connectivity index (χ0n) is 7.22. The van der Waals surface area contributed by atoms with E-state index in [-0.39, 0.29) is 5.91 Å². The number of carbonyl (C=O) groups excluding carboxylic acids is 2. The predicted octanol–water partition coefficient (Wildman–Crippen LogP) is -0.699. The summed E-state index contributed by atoms with van der Waals surface area (Å²) in [5.41, 5.74) is -0.476. The van der Waals surface area contributed by atoms with Crippen LogP contribution < -0.4 is 10.6 Å². The Labute approximate surface area is 71.7 Å². The van der Waals surface area contributed by atoms with Crippen LogP contribution in [0.5, 0.6) is 0 Å². The van der Waals surface area contributed by atoms with E-state index in [1.54, 1.807) is 7.05 Å². The molecule has 1 unspecified atom stereocenters. The van der Waals surface area contributed by atoms with E-state index in [4.69, 9.17) is 0 Å². The number of hydrogen-bond donors (Lipinski definition) is 2. The van der Waals surface area contributed by atoms with Crippen LogP contribution in [0.4, 0.5) is 0 Å². The SMILES string of the molecule is CNC(=O)C1(CC=O)CCNC1. The van der Waals surface area contributed by atoms with Gasteiger partial charge in [0.25, 0.3) is 0 Å². The lowest BCUT2D eigenvalue weighted by Crippen LogP contribution is -2.41. The zero-order valence-corrected chi connectivity index (χ0v) is 7.22. The van der Waals surface area contributed by atoms with E-state index in [1.165, 1.54) is 0 Å². The van der Waals surface area contributed by atoms with E-state index in [1.807, 2.05) is 0 Å². The zero-order chi connectivity index (χ0) is 9.03. The number of rotatable bonds is 3. The van der Waals surface area contributed by atoms with Crippen molar-refractivity contribution in [3.8, 4) is 0 Å². The van der Waals surface area contributed by atoms with Crippen molar-refractivity contribution >= 4 is 12.2 Å². The molecule has 1 aliphatic heterocycles. The molecular weight excluding hydrogens is 156 g/mol. The second-order valence-corrected chi connectivity index (χ2v) is 3.16. The molecule has 4 nitrogen and oxygen atoms in total. The lowest BCUT2D eigenvalue weighted by Gasteiger charge is -2.22. The van der Waals surface area contributed by atoms with E-state index in [0.717, 1.165) is 19.3 Å². The third-order valence-electron chi connectivity index (χ3n) is 2.43. The summed E-state index contributed by atoms with van der Waals surface area (Å²) in [4.78, 5) is 21.8. The Morgan fingerprint density at radius 1 is 1.75 bits per heavy atom. The van der Waals surface area contributed by atoms with Crippen molar-refractivity contribution in [2.24, 2.45) is 5.41 Å². The fourth-order valence-electron chi connectivity index (χ4n) is 1.63. The minimum absolute atomic E-state index is 0.0281. The molecule has 12 heavy (non-hydrogen) atoms. The summed E-state index contributed by atoms with van der Waals surface area (Å²) in [6.07, 6.45) is 1.90. The molecule has 0 aliphatic carbocycles.